The maximum Gasteiger partial charge on any atom is 0.267 e. The summed E-state index contributed by atoms with van der Waals surface area (Å²) in [5.74, 6) is -1.65. The Labute approximate surface area is 134 Å². The quantitative estimate of drug-likeness (QED) is 0.848. The minimum atomic E-state index is -0.550. The smallest absolute Gasteiger partial charge is 0.267 e. The third kappa shape index (κ3) is 4.18. The van der Waals surface area contributed by atoms with Crippen molar-refractivity contribution in [1.29, 1.82) is 0 Å². The van der Waals surface area contributed by atoms with Crippen molar-refractivity contribution in [2.24, 2.45) is 18.7 Å². The number of hydrogen-bond donors (Lipinski definition) is 2. The van der Waals surface area contributed by atoms with Gasteiger partial charge in [-0.25, -0.2) is 4.39 Å². The molecule has 0 spiro atoms. The normalized spacial score (nSPS) is 12.0. The molecule has 3 N–H and O–H groups in total. The first-order valence-electron chi connectivity index (χ1n) is 7.32. The lowest BCUT2D eigenvalue weighted by Crippen LogP contribution is -2.37. The molecule has 1 heterocycles. The molecule has 6 heteroatoms. The molecule has 1 unspecified atom stereocenters. The fraction of sp³-hybridized carbons (Fsp3) is 0.294. The molecule has 1 aromatic heterocycles. The molecule has 0 fully saturated rings. The first kappa shape index (κ1) is 16.7. The summed E-state index contributed by atoms with van der Waals surface area (Å²) in [4.78, 5) is 23.8. The number of aromatic nitrogens is 1. The van der Waals surface area contributed by atoms with Gasteiger partial charge in [-0.3, -0.25) is 9.59 Å². The Morgan fingerprint density at radius 3 is 2.39 bits per heavy atom. The number of nitrogens with zero attached hydrogens (tertiary/aromatic N) is 1. The van der Waals surface area contributed by atoms with E-state index in [2.05, 4.69) is 5.32 Å². The number of carbonyl (C=O) groups is 2. The van der Waals surface area contributed by atoms with Crippen molar-refractivity contribution in [2.45, 2.75) is 13.3 Å². The summed E-state index contributed by atoms with van der Waals surface area (Å²) in [7, 11) is 1.80. The van der Waals surface area contributed by atoms with Gasteiger partial charge in [-0.15, -0.1) is 0 Å². The van der Waals surface area contributed by atoms with Crippen LogP contribution in [-0.2, 0) is 18.3 Å². The van der Waals surface area contributed by atoms with Gasteiger partial charge in [0.05, 0.1) is 5.92 Å². The van der Waals surface area contributed by atoms with Crippen LogP contribution >= 0.6 is 0 Å². The average Bonchev–Trinajstić information content (AvgIpc) is 2.84. The first-order chi connectivity index (χ1) is 10.9. The standard InChI is InChI=1S/C17H20FN3O2/c1-11-3-8-15(21(11)2)17(23)20-10-13(16(19)22)9-12-4-6-14(18)7-5-12/h3-8,13H,9-10H2,1-2H3,(H2,19,22)(H,20,23). The number of nitrogens with one attached hydrogen (secondary N) is 1. The molecule has 2 aromatic rings. The van der Waals surface area contributed by atoms with E-state index in [0.717, 1.165) is 11.3 Å². The molecular formula is C17H20FN3O2. The van der Waals surface area contributed by atoms with Crippen molar-refractivity contribution >= 4 is 11.8 Å². The van der Waals surface area contributed by atoms with Gasteiger partial charge in [0.15, 0.2) is 0 Å². The molecule has 0 radical (unpaired) electrons. The van der Waals surface area contributed by atoms with Gasteiger partial charge in [0, 0.05) is 19.3 Å². The fourth-order valence-corrected chi connectivity index (χ4v) is 2.33. The number of benzene rings is 1. The monoisotopic (exact) mass is 317 g/mol. The zero-order chi connectivity index (χ0) is 17.0. The predicted octanol–water partition coefficient (Wildman–Crippen LogP) is 1.55. The minimum Gasteiger partial charge on any atom is -0.369 e. The molecule has 2 amide bonds. The Kier molecular flexibility index (Phi) is 5.16. The van der Waals surface area contributed by atoms with E-state index in [9.17, 15) is 14.0 Å². The van der Waals surface area contributed by atoms with E-state index < -0.39 is 11.8 Å². The Balaban J connectivity index is 2.00. The molecule has 1 aromatic carbocycles. The van der Waals surface area contributed by atoms with Gasteiger partial charge in [-0.2, -0.15) is 0 Å². The molecule has 2 rings (SSSR count). The lowest BCUT2D eigenvalue weighted by atomic mass is 9.98. The van der Waals surface area contributed by atoms with Crippen LogP contribution in [0.25, 0.3) is 0 Å². The van der Waals surface area contributed by atoms with Crippen LogP contribution in [0.15, 0.2) is 36.4 Å². The van der Waals surface area contributed by atoms with Crippen LogP contribution in [0.3, 0.4) is 0 Å². The summed E-state index contributed by atoms with van der Waals surface area (Å²) in [6.45, 7) is 2.04. The second-order valence-electron chi connectivity index (χ2n) is 5.56. The van der Waals surface area contributed by atoms with Crippen molar-refractivity contribution in [3.63, 3.8) is 0 Å². The van der Waals surface area contributed by atoms with Crippen LogP contribution in [-0.4, -0.2) is 22.9 Å². The Hall–Kier alpha value is -2.63. The fourth-order valence-electron chi connectivity index (χ4n) is 2.33. The Morgan fingerprint density at radius 2 is 1.87 bits per heavy atom. The van der Waals surface area contributed by atoms with E-state index in [1.165, 1.54) is 12.1 Å². The highest BCUT2D eigenvalue weighted by molar-refractivity contribution is 5.93. The van der Waals surface area contributed by atoms with Crippen LogP contribution < -0.4 is 11.1 Å². The van der Waals surface area contributed by atoms with Crippen LogP contribution in [0.5, 0.6) is 0 Å². The van der Waals surface area contributed by atoms with Crippen LogP contribution in [0.4, 0.5) is 4.39 Å². The second kappa shape index (κ2) is 7.09. The molecule has 0 saturated carbocycles. The highest BCUT2D eigenvalue weighted by Crippen LogP contribution is 2.10. The molecule has 1 atom stereocenters. The summed E-state index contributed by atoms with van der Waals surface area (Å²) in [6.07, 6.45) is 0.349. The molecular weight excluding hydrogens is 297 g/mol. The van der Waals surface area contributed by atoms with Gasteiger partial charge >= 0.3 is 0 Å². The predicted molar refractivity (Wildman–Crippen MR) is 85.3 cm³/mol. The number of nitrogens with two attached hydrogens (primary N) is 1. The summed E-state index contributed by atoms with van der Waals surface area (Å²) >= 11 is 0. The van der Waals surface area contributed by atoms with Crippen molar-refractivity contribution in [1.82, 2.24) is 9.88 Å². The SMILES string of the molecule is Cc1ccc(C(=O)NCC(Cc2ccc(F)cc2)C(N)=O)n1C. The van der Waals surface area contributed by atoms with Crippen LogP contribution in [0.2, 0.25) is 0 Å². The summed E-state index contributed by atoms with van der Waals surface area (Å²) in [5.41, 5.74) is 7.68. The maximum absolute atomic E-state index is 12.9. The summed E-state index contributed by atoms with van der Waals surface area (Å²) in [6, 6.07) is 9.45. The molecule has 122 valence electrons. The lowest BCUT2D eigenvalue weighted by molar-refractivity contribution is -0.121. The van der Waals surface area contributed by atoms with E-state index in [-0.39, 0.29) is 18.3 Å². The number of amides is 2. The van der Waals surface area contributed by atoms with Gasteiger partial charge in [0.1, 0.15) is 11.5 Å². The van der Waals surface area contributed by atoms with Crippen molar-refractivity contribution < 1.29 is 14.0 Å². The van der Waals surface area contributed by atoms with Crippen LogP contribution in [0, 0.1) is 18.7 Å². The molecule has 0 aliphatic heterocycles. The Morgan fingerprint density at radius 1 is 1.22 bits per heavy atom. The zero-order valence-corrected chi connectivity index (χ0v) is 13.2. The average molecular weight is 317 g/mol. The topological polar surface area (TPSA) is 77.1 Å². The highest BCUT2D eigenvalue weighted by Gasteiger charge is 2.19. The number of carbonyl (C=O) groups excluding carboxylic acids is 2. The van der Waals surface area contributed by atoms with Crippen molar-refractivity contribution in [3.8, 4) is 0 Å². The first-order valence-corrected chi connectivity index (χ1v) is 7.32. The van der Waals surface area contributed by atoms with Gasteiger partial charge in [0.2, 0.25) is 5.91 Å². The second-order valence-corrected chi connectivity index (χ2v) is 5.56. The number of hydrogen-bond acceptors (Lipinski definition) is 2. The van der Waals surface area contributed by atoms with E-state index in [1.54, 1.807) is 29.8 Å². The molecule has 0 aliphatic rings. The third-order valence-corrected chi connectivity index (χ3v) is 3.91. The van der Waals surface area contributed by atoms with Gasteiger partial charge in [-0.1, -0.05) is 12.1 Å². The molecule has 0 saturated heterocycles. The third-order valence-electron chi connectivity index (χ3n) is 3.91. The largest absolute Gasteiger partial charge is 0.369 e. The molecule has 5 nitrogen and oxygen atoms in total. The van der Waals surface area contributed by atoms with E-state index >= 15 is 0 Å². The summed E-state index contributed by atoms with van der Waals surface area (Å²) < 4.78 is 14.7. The van der Waals surface area contributed by atoms with E-state index in [4.69, 9.17) is 5.73 Å². The molecule has 0 bridgehead atoms. The molecule has 0 aliphatic carbocycles. The Bertz CT molecular complexity index is 707. The van der Waals surface area contributed by atoms with E-state index in [0.29, 0.717) is 12.1 Å². The highest BCUT2D eigenvalue weighted by atomic mass is 19.1. The maximum atomic E-state index is 12.9. The van der Waals surface area contributed by atoms with Gasteiger partial charge in [0.25, 0.3) is 5.91 Å². The number of halogens is 1. The molecule has 23 heavy (non-hydrogen) atoms. The lowest BCUT2D eigenvalue weighted by Gasteiger charge is -2.15. The van der Waals surface area contributed by atoms with Gasteiger partial charge < -0.3 is 15.6 Å². The summed E-state index contributed by atoms with van der Waals surface area (Å²) in [5, 5.41) is 2.73. The number of rotatable bonds is 6. The van der Waals surface area contributed by atoms with Crippen LogP contribution in [0.1, 0.15) is 21.7 Å². The number of primary amides is 1. The van der Waals surface area contributed by atoms with Crippen molar-refractivity contribution in [2.75, 3.05) is 6.54 Å². The van der Waals surface area contributed by atoms with E-state index in [1.807, 2.05) is 13.0 Å². The van der Waals surface area contributed by atoms with Crippen molar-refractivity contribution in [3.05, 3.63) is 59.2 Å². The van der Waals surface area contributed by atoms with Gasteiger partial charge in [-0.05, 0) is 43.2 Å². The number of aryl methyl sites for hydroxylation is 1. The zero-order valence-electron chi connectivity index (χ0n) is 13.2. The minimum absolute atomic E-state index is 0.135.